The number of ether oxygens (including phenoxy) is 1. The fraction of sp³-hybridized carbons (Fsp3) is 0.731. The van der Waals surface area contributed by atoms with Gasteiger partial charge in [-0.25, -0.2) is 4.79 Å². The van der Waals surface area contributed by atoms with Gasteiger partial charge in [0.25, 0.3) is 0 Å². The van der Waals surface area contributed by atoms with Gasteiger partial charge in [-0.3, -0.25) is 0 Å². The summed E-state index contributed by atoms with van der Waals surface area (Å²) in [7, 11) is 1.69. The Kier molecular flexibility index (Phi) is 10.3. The molecule has 1 saturated heterocycles. The number of likely N-dealkylation sites (tertiary alicyclic amines) is 1. The first kappa shape index (κ1) is 26.3. The summed E-state index contributed by atoms with van der Waals surface area (Å²) in [6.45, 7) is 2.41. The largest absolute Gasteiger partial charge is 0.385 e. The molecule has 2 aliphatic rings. The van der Waals surface area contributed by atoms with E-state index in [-0.39, 0.29) is 18.0 Å². The lowest BCUT2D eigenvalue weighted by molar-refractivity contribution is -0.0563. The molecule has 1 aromatic rings. The second-order valence-electron chi connectivity index (χ2n) is 10.0. The zero-order valence-electron chi connectivity index (χ0n) is 20.1. The average molecular weight is 480 g/mol. The van der Waals surface area contributed by atoms with E-state index in [1.54, 1.807) is 7.11 Å². The molecule has 4 N–H and O–H groups in total. The van der Waals surface area contributed by atoms with Crippen LogP contribution in [0.4, 0.5) is 4.79 Å². The molecular formula is C26H42ClN3O3. The van der Waals surface area contributed by atoms with Gasteiger partial charge in [0.1, 0.15) is 0 Å². The third-order valence-electron chi connectivity index (χ3n) is 7.49. The summed E-state index contributed by atoms with van der Waals surface area (Å²) in [6, 6.07) is 7.45. The molecule has 33 heavy (non-hydrogen) atoms. The lowest BCUT2D eigenvalue weighted by Gasteiger charge is -2.43. The van der Waals surface area contributed by atoms with Gasteiger partial charge in [-0.15, -0.1) is 0 Å². The lowest BCUT2D eigenvalue weighted by Crippen LogP contribution is -2.52. The molecule has 1 saturated carbocycles. The topological polar surface area (TPSA) is 87.8 Å². The lowest BCUT2D eigenvalue weighted by atomic mass is 9.74. The molecule has 0 bridgehead atoms. The third-order valence-corrected chi connectivity index (χ3v) is 7.73. The number of aliphatic hydroxyl groups is 1. The summed E-state index contributed by atoms with van der Waals surface area (Å²) in [5.74, 6) is 0.659. The number of nitrogens with zero attached hydrogens (tertiary/aromatic N) is 1. The van der Waals surface area contributed by atoms with E-state index in [1.165, 1.54) is 25.7 Å². The zero-order valence-corrected chi connectivity index (χ0v) is 20.9. The molecular weight excluding hydrogens is 438 g/mol. The Bertz CT molecular complexity index is 743. The molecule has 2 amide bonds. The fourth-order valence-electron chi connectivity index (χ4n) is 5.62. The standard InChI is InChI=1S/C26H42ClN3O3/c1-33-15-5-4-13-26(32,21-10-6-12-23(27)17-21)22-11-7-14-30(19-22)25(31)29-18-24(28)16-20-8-2-3-9-20/h6,10,12,17,20,22,24,32H,2-5,7-9,11,13-16,18-19,28H2,1H3,(H,29,31)/t22-,24+,26-/m1/s1. The van der Waals surface area contributed by atoms with E-state index in [0.717, 1.165) is 37.7 Å². The minimum absolute atomic E-state index is 0.00168. The van der Waals surface area contributed by atoms with Crippen molar-refractivity contribution < 1.29 is 14.6 Å². The summed E-state index contributed by atoms with van der Waals surface area (Å²) in [5, 5.41) is 15.6. The molecule has 1 aromatic carbocycles. The number of carbonyl (C=O) groups is 1. The highest BCUT2D eigenvalue weighted by Crippen LogP contribution is 2.40. The van der Waals surface area contributed by atoms with Gasteiger partial charge in [0, 0.05) is 50.3 Å². The van der Waals surface area contributed by atoms with E-state index >= 15 is 0 Å². The Hall–Kier alpha value is -1.34. The van der Waals surface area contributed by atoms with E-state index in [0.29, 0.717) is 43.6 Å². The smallest absolute Gasteiger partial charge is 0.317 e. The molecule has 2 fully saturated rings. The summed E-state index contributed by atoms with van der Waals surface area (Å²) in [6.07, 6.45) is 10.2. The monoisotopic (exact) mass is 479 g/mol. The zero-order chi connectivity index (χ0) is 23.7. The van der Waals surface area contributed by atoms with Crippen molar-refractivity contribution in [2.24, 2.45) is 17.6 Å². The quantitative estimate of drug-likeness (QED) is 0.402. The van der Waals surface area contributed by atoms with Crippen LogP contribution in [-0.2, 0) is 10.3 Å². The molecule has 186 valence electrons. The van der Waals surface area contributed by atoms with Gasteiger partial charge in [-0.1, -0.05) is 49.4 Å². The summed E-state index contributed by atoms with van der Waals surface area (Å²) in [5.41, 5.74) is 6.10. The van der Waals surface area contributed by atoms with Crippen LogP contribution in [0, 0.1) is 11.8 Å². The van der Waals surface area contributed by atoms with Crippen molar-refractivity contribution in [2.75, 3.05) is 33.4 Å². The van der Waals surface area contributed by atoms with Gasteiger partial charge in [0.2, 0.25) is 0 Å². The number of hydrogen-bond acceptors (Lipinski definition) is 4. The van der Waals surface area contributed by atoms with Crippen LogP contribution in [0.1, 0.15) is 69.8 Å². The van der Waals surface area contributed by atoms with Crippen molar-refractivity contribution in [3.8, 4) is 0 Å². The van der Waals surface area contributed by atoms with Crippen molar-refractivity contribution in [1.29, 1.82) is 0 Å². The number of halogens is 1. The molecule has 3 atom stereocenters. The van der Waals surface area contributed by atoms with Crippen LogP contribution in [-0.4, -0.2) is 55.4 Å². The predicted octanol–water partition coefficient (Wildman–Crippen LogP) is 4.67. The maximum atomic E-state index is 12.9. The minimum atomic E-state index is -1.03. The Labute approximate surface area is 204 Å². The van der Waals surface area contributed by atoms with Gasteiger partial charge >= 0.3 is 6.03 Å². The number of rotatable bonds is 11. The second-order valence-corrected chi connectivity index (χ2v) is 10.4. The van der Waals surface area contributed by atoms with Crippen molar-refractivity contribution in [3.63, 3.8) is 0 Å². The fourth-order valence-corrected chi connectivity index (χ4v) is 5.81. The first-order valence-electron chi connectivity index (χ1n) is 12.7. The van der Waals surface area contributed by atoms with Gasteiger partial charge in [-0.05, 0) is 62.1 Å². The number of urea groups is 1. The number of piperidine rings is 1. The van der Waals surface area contributed by atoms with Crippen LogP contribution in [0.5, 0.6) is 0 Å². The second kappa shape index (κ2) is 12.9. The van der Waals surface area contributed by atoms with Gasteiger partial charge in [0.15, 0.2) is 0 Å². The van der Waals surface area contributed by atoms with Crippen molar-refractivity contribution in [1.82, 2.24) is 10.2 Å². The molecule has 3 rings (SSSR count). The molecule has 0 unspecified atom stereocenters. The van der Waals surface area contributed by atoms with Crippen LogP contribution < -0.4 is 11.1 Å². The van der Waals surface area contributed by atoms with E-state index in [1.807, 2.05) is 29.2 Å². The number of amides is 2. The average Bonchev–Trinajstić information content (AvgIpc) is 3.33. The number of benzene rings is 1. The first-order valence-corrected chi connectivity index (χ1v) is 13.1. The van der Waals surface area contributed by atoms with E-state index < -0.39 is 5.60 Å². The van der Waals surface area contributed by atoms with Crippen molar-refractivity contribution in [2.45, 2.75) is 75.9 Å². The van der Waals surface area contributed by atoms with E-state index in [2.05, 4.69) is 5.32 Å². The molecule has 6 nitrogen and oxygen atoms in total. The highest BCUT2D eigenvalue weighted by molar-refractivity contribution is 6.30. The number of methoxy groups -OCH3 is 1. The number of unbranched alkanes of at least 4 members (excludes halogenated alkanes) is 1. The molecule has 0 radical (unpaired) electrons. The van der Waals surface area contributed by atoms with E-state index in [4.69, 9.17) is 22.1 Å². The number of carbonyl (C=O) groups excluding carboxylic acids is 1. The Morgan fingerprint density at radius 2 is 2.09 bits per heavy atom. The minimum Gasteiger partial charge on any atom is -0.385 e. The maximum Gasteiger partial charge on any atom is 0.317 e. The normalized spacial score (nSPS) is 22.2. The number of nitrogens with two attached hydrogens (primary N) is 1. The summed E-state index contributed by atoms with van der Waals surface area (Å²) >= 11 is 6.27. The van der Waals surface area contributed by atoms with Crippen molar-refractivity contribution >= 4 is 17.6 Å². The van der Waals surface area contributed by atoms with Crippen LogP contribution >= 0.6 is 11.6 Å². The molecule has 0 spiro atoms. The highest BCUT2D eigenvalue weighted by Gasteiger charge is 2.41. The van der Waals surface area contributed by atoms with Crippen molar-refractivity contribution in [3.05, 3.63) is 34.9 Å². The number of hydrogen-bond donors (Lipinski definition) is 3. The predicted molar refractivity (Wildman–Crippen MR) is 133 cm³/mol. The van der Waals surface area contributed by atoms with Crippen LogP contribution in [0.25, 0.3) is 0 Å². The van der Waals surface area contributed by atoms with Gasteiger partial charge in [0.05, 0.1) is 5.60 Å². The Morgan fingerprint density at radius 3 is 2.82 bits per heavy atom. The molecule has 0 aromatic heterocycles. The van der Waals surface area contributed by atoms with Crippen LogP contribution in [0.15, 0.2) is 24.3 Å². The first-order chi connectivity index (χ1) is 15.9. The van der Waals surface area contributed by atoms with Gasteiger partial charge < -0.3 is 25.8 Å². The Balaban J connectivity index is 1.61. The number of nitrogens with one attached hydrogen (secondary N) is 1. The van der Waals surface area contributed by atoms with E-state index in [9.17, 15) is 9.90 Å². The summed E-state index contributed by atoms with van der Waals surface area (Å²) < 4.78 is 5.19. The van der Waals surface area contributed by atoms with Gasteiger partial charge in [-0.2, -0.15) is 0 Å². The third kappa shape index (κ3) is 7.57. The molecule has 1 heterocycles. The Morgan fingerprint density at radius 1 is 1.30 bits per heavy atom. The van der Waals surface area contributed by atoms with Crippen LogP contribution in [0.3, 0.4) is 0 Å². The maximum absolute atomic E-state index is 12.9. The molecule has 1 aliphatic carbocycles. The molecule has 7 heteroatoms. The SMILES string of the molecule is COCCCC[C@@](O)(c1cccc(Cl)c1)[C@@H]1CCCN(C(=O)NC[C@@H](N)CC2CCCC2)C1. The molecule has 1 aliphatic heterocycles. The summed E-state index contributed by atoms with van der Waals surface area (Å²) in [4.78, 5) is 14.8. The van der Waals surface area contributed by atoms with Crippen LogP contribution in [0.2, 0.25) is 5.02 Å². The highest BCUT2D eigenvalue weighted by atomic mass is 35.5.